The van der Waals surface area contributed by atoms with Crippen molar-refractivity contribution in [1.82, 2.24) is 0 Å². The zero-order chi connectivity index (χ0) is 18.6. The average Bonchev–Trinajstić information content (AvgIpc) is 2.53. The van der Waals surface area contributed by atoms with E-state index >= 15 is 0 Å². The van der Waals surface area contributed by atoms with Gasteiger partial charge in [0.1, 0.15) is 18.2 Å². The standard InChI is InChI=1S/C17H10Cl4N2O2/c18-12-2-1-10(13(19)6-12)8-25-16-14(20)4-9(5-15(16)21)3-11(7-22)17(23)24/h1-6H,8H2,(H2,23,24). The monoisotopic (exact) mass is 414 g/mol. The van der Waals surface area contributed by atoms with E-state index in [0.717, 1.165) is 0 Å². The zero-order valence-electron chi connectivity index (χ0n) is 12.5. The van der Waals surface area contributed by atoms with Crippen LogP contribution in [0, 0.1) is 11.3 Å². The summed E-state index contributed by atoms with van der Waals surface area (Å²) in [5, 5.41) is 10.3. The third-order valence-electron chi connectivity index (χ3n) is 3.10. The van der Waals surface area contributed by atoms with Gasteiger partial charge in [-0.05, 0) is 35.9 Å². The van der Waals surface area contributed by atoms with Gasteiger partial charge in [-0.3, -0.25) is 4.79 Å². The maximum atomic E-state index is 11.1. The molecule has 0 saturated carbocycles. The van der Waals surface area contributed by atoms with Crippen LogP contribution in [0.15, 0.2) is 35.9 Å². The van der Waals surface area contributed by atoms with Gasteiger partial charge in [0.2, 0.25) is 0 Å². The summed E-state index contributed by atoms with van der Waals surface area (Å²) >= 11 is 24.3. The Morgan fingerprint density at radius 2 is 1.76 bits per heavy atom. The van der Waals surface area contributed by atoms with Gasteiger partial charge in [0.15, 0.2) is 5.75 Å². The Bertz CT molecular complexity index is 881. The fraction of sp³-hybridized carbons (Fsp3) is 0.0588. The third-order valence-corrected chi connectivity index (χ3v) is 4.25. The summed E-state index contributed by atoms with van der Waals surface area (Å²) in [5.41, 5.74) is 6.04. The summed E-state index contributed by atoms with van der Waals surface area (Å²) in [5.74, 6) is -0.587. The highest BCUT2D eigenvalue weighted by Gasteiger charge is 2.12. The molecule has 0 radical (unpaired) electrons. The topological polar surface area (TPSA) is 76.1 Å². The quantitative estimate of drug-likeness (QED) is 0.533. The average molecular weight is 416 g/mol. The number of nitrogens with two attached hydrogens (primary N) is 1. The van der Waals surface area contributed by atoms with Gasteiger partial charge in [-0.2, -0.15) is 5.26 Å². The van der Waals surface area contributed by atoms with Gasteiger partial charge in [0, 0.05) is 15.6 Å². The van der Waals surface area contributed by atoms with Gasteiger partial charge in [0.25, 0.3) is 5.91 Å². The summed E-state index contributed by atoms with van der Waals surface area (Å²) in [6, 6.07) is 9.74. The molecule has 0 spiro atoms. The van der Waals surface area contributed by atoms with Gasteiger partial charge in [-0.25, -0.2) is 0 Å². The molecular formula is C17H10Cl4N2O2. The number of nitrogens with zero attached hydrogens (tertiary/aromatic N) is 1. The number of primary amides is 1. The summed E-state index contributed by atoms with van der Waals surface area (Å²) in [7, 11) is 0. The van der Waals surface area contributed by atoms with E-state index in [2.05, 4.69) is 0 Å². The predicted molar refractivity (Wildman–Crippen MR) is 100 cm³/mol. The summed E-state index contributed by atoms with van der Waals surface area (Å²) in [4.78, 5) is 11.1. The molecule has 0 bridgehead atoms. The van der Waals surface area contributed by atoms with E-state index in [1.807, 2.05) is 0 Å². The predicted octanol–water partition coefficient (Wildman–Crippen LogP) is 5.27. The Hall–Kier alpha value is -1.90. The summed E-state index contributed by atoms with van der Waals surface area (Å²) < 4.78 is 5.64. The van der Waals surface area contributed by atoms with Crippen molar-refractivity contribution < 1.29 is 9.53 Å². The number of halogens is 4. The number of hydrogen-bond donors (Lipinski definition) is 1. The first-order chi connectivity index (χ1) is 11.8. The number of amides is 1. The van der Waals surface area contributed by atoms with Gasteiger partial charge in [-0.15, -0.1) is 0 Å². The minimum atomic E-state index is -0.840. The van der Waals surface area contributed by atoms with Crippen LogP contribution in [0.5, 0.6) is 5.75 Å². The SMILES string of the molecule is N#CC(=Cc1cc(Cl)c(OCc2ccc(Cl)cc2Cl)c(Cl)c1)C(N)=O. The van der Waals surface area contributed by atoms with E-state index in [1.165, 1.54) is 18.2 Å². The number of nitriles is 1. The van der Waals surface area contributed by atoms with Crippen LogP contribution in [0.2, 0.25) is 20.1 Å². The Labute approximate surface area is 164 Å². The Morgan fingerprint density at radius 3 is 2.28 bits per heavy atom. The molecular weight excluding hydrogens is 406 g/mol. The molecule has 8 heteroatoms. The molecule has 0 atom stereocenters. The molecule has 0 aliphatic heterocycles. The van der Waals surface area contributed by atoms with Crippen LogP contribution in [0.3, 0.4) is 0 Å². The first kappa shape index (κ1) is 19.4. The lowest BCUT2D eigenvalue weighted by Gasteiger charge is -2.12. The van der Waals surface area contributed by atoms with Gasteiger partial charge in [-0.1, -0.05) is 52.5 Å². The molecule has 0 aliphatic rings. The number of benzene rings is 2. The first-order valence-electron chi connectivity index (χ1n) is 6.79. The van der Waals surface area contributed by atoms with Crippen molar-refractivity contribution in [3.63, 3.8) is 0 Å². The zero-order valence-corrected chi connectivity index (χ0v) is 15.5. The van der Waals surface area contributed by atoms with E-state index in [9.17, 15) is 4.79 Å². The van der Waals surface area contributed by atoms with Crippen LogP contribution in [0.1, 0.15) is 11.1 Å². The van der Waals surface area contributed by atoms with Crippen molar-refractivity contribution in [3.8, 4) is 11.8 Å². The van der Waals surface area contributed by atoms with Gasteiger partial charge in [0.05, 0.1) is 10.0 Å². The third kappa shape index (κ3) is 5.04. The molecule has 0 heterocycles. The summed E-state index contributed by atoms with van der Waals surface area (Å²) in [6.45, 7) is 0.134. The van der Waals surface area contributed by atoms with Gasteiger partial charge >= 0.3 is 0 Å². The molecule has 2 N–H and O–H groups in total. The summed E-state index contributed by atoms with van der Waals surface area (Å²) in [6.07, 6.45) is 1.29. The fourth-order valence-corrected chi connectivity index (χ4v) is 2.99. The van der Waals surface area contributed by atoms with E-state index < -0.39 is 5.91 Å². The molecule has 0 fully saturated rings. The number of rotatable bonds is 5. The second-order valence-electron chi connectivity index (χ2n) is 4.87. The molecule has 0 saturated heterocycles. The maximum Gasteiger partial charge on any atom is 0.259 e. The van der Waals surface area contributed by atoms with Crippen LogP contribution in [0.4, 0.5) is 0 Å². The Morgan fingerprint density at radius 1 is 1.12 bits per heavy atom. The molecule has 128 valence electrons. The fourth-order valence-electron chi connectivity index (χ4n) is 1.91. The minimum absolute atomic E-state index is 0.134. The molecule has 1 amide bonds. The maximum absolute atomic E-state index is 11.1. The highest BCUT2D eigenvalue weighted by molar-refractivity contribution is 6.37. The van der Waals surface area contributed by atoms with E-state index in [1.54, 1.807) is 24.3 Å². The second kappa shape index (κ2) is 8.46. The van der Waals surface area contributed by atoms with Crippen LogP contribution in [-0.4, -0.2) is 5.91 Å². The molecule has 2 aromatic rings. The van der Waals surface area contributed by atoms with E-state index in [-0.39, 0.29) is 28.0 Å². The van der Waals surface area contributed by atoms with Crippen LogP contribution in [-0.2, 0) is 11.4 Å². The number of ether oxygens (including phenoxy) is 1. The molecule has 4 nitrogen and oxygen atoms in total. The molecule has 2 aromatic carbocycles. The van der Waals surface area contributed by atoms with E-state index in [0.29, 0.717) is 21.2 Å². The highest BCUT2D eigenvalue weighted by atomic mass is 35.5. The van der Waals surface area contributed by atoms with Crippen LogP contribution < -0.4 is 10.5 Å². The lowest BCUT2D eigenvalue weighted by Crippen LogP contribution is -2.12. The van der Waals surface area contributed by atoms with Crippen molar-refractivity contribution in [2.45, 2.75) is 6.61 Å². The van der Waals surface area contributed by atoms with Crippen molar-refractivity contribution in [2.75, 3.05) is 0 Å². The van der Waals surface area contributed by atoms with Crippen LogP contribution >= 0.6 is 46.4 Å². The lowest BCUT2D eigenvalue weighted by atomic mass is 10.1. The number of hydrogen-bond acceptors (Lipinski definition) is 3. The van der Waals surface area contributed by atoms with Crippen molar-refractivity contribution >= 4 is 58.4 Å². The first-order valence-corrected chi connectivity index (χ1v) is 8.30. The Kier molecular flexibility index (Phi) is 6.57. The van der Waals surface area contributed by atoms with Crippen molar-refractivity contribution in [2.24, 2.45) is 5.73 Å². The van der Waals surface area contributed by atoms with Gasteiger partial charge < -0.3 is 10.5 Å². The van der Waals surface area contributed by atoms with Crippen LogP contribution in [0.25, 0.3) is 6.08 Å². The Balaban J connectivity index is 2.26. The molecule has 0 aromatic heterocycles. The van der Waals surface area contributed by atoms with Crippen molar-refractivity contribution in [3.05, 3.63) is 67.1 Å². The molecule has 0 unspecified atom stereocenters. The molecule has 25 heavy (non-hydrogen) atoms. The number of carbonyl (C=O) groups excluding carboxylic acids is 1. The molecule has 0 aliphatic carbocycles. The largest absolute Gasteiger partial charge is 0.486 e. The highest BCUT2D eigenvalue weighted by Crippen LogP contribution is 2.36. The number of carbonyl (C=O) groups is 1. The normalized spacial score (nSPS) is 11.1. The smallest absolute Gasteiger partial charge is 0.259 e. The molecule has 2 rings (SSSR count). The lowest BCUT2D eigenvalue weighted by molar-refractivity contribution is -0.114. The van der Waals surface area contributed by atoms with Crippen molar-refractivity contribution in [1.29, 1.82) is 5.26 Å². The van der Waals surface area contributed by atoms with E-state index in [4.69, 9.17) is 62.1 Å². The minimum Gasteiger partial charge on any atom is -0.486 e. The second-order valence-corrected chi connectivity index (χ2v) is 6.53.